The zero-order chi connectivity index (χ0) is 37.2. The van der Waals surface area contributed by atoms with Gasteiger partial charge in [-0.1, -0.05) is 153 Å². The maximum Gasteiger partial charge on any atom is 0.268 e. The summed E-state index contributed by atoms with van der Waals surface area (Å²) in [7, 11) is 1.23. The Labute approximate surface area is 308 Å². The minimum Gasteiger partial charge on any atom is -0.756 e. The van der Waals surface area contributed by atoms with Crippen LogP contribution in [0.3, 0.4) is 0 Å². The molecule has 0 aliphatic carbocycles. The molecule has 2 N–H and O–H groups in total. The lowest BCUT2D eigenvalue weighted by molar-refractivity contribution is -0.870. The van der Waals surface area contributed by atoms with Gasteiger partial charge in [0, 0.05) is 6.42 Å². The van der Waals surface area contributed by atoms with Crippen molar-refractivity contribution in [2.45, 2.75) is 180 Å². The molecule has 50 heavy (non-hydrogen) atoms. The Morgan fingerprint density at radius 3 is 1.62 bits per heavy atom. The number of nitrogens with one attached hydrogen (secondary N) is 1. The van der Waals surface area contributed by atoms with Crippen molar-refractivity contribution in [2.24, 2.45) is 0 Å². The van der Waals surface area contributed by atoms with Gasteiger partial charge >= 0.3 is 0 Å². The van der Waals surface area contributed by atoms with Gasteiger partial charge in [0.2, 0.25) is 5.91 Å². The Bertz CT molecular complexity index is 917. The van der Waals surface area contributed by atoms with E-state index in [4.69, 9.17) is 9.05 Å². The number of phosphoric acid groups is 1. The van der Waals surface area contributed by atoms with Crippen molar-refractivity contribution in [1.29, 1.82) is 0 Å². The van der Waals surface area contributed by atoms with E-state index in [1.165, 1.54) is 103 Å². The first kappa shape index (κ1) is 48.7. The summed E-state index contributed by atoms with van der Waals surface area (Å²) in [4.78, 5) is 25.0. The number of carbonyl (C=O) groups excluding carboxylic acids is 1. The lowest BCUT2D eigenvalue weighted by Crippen LogP contribution is -2.45. The van der Waals surface area contributed by atoms with Crippen molar-refractivity contribution in [2.75, 3.05) is 40.9 Å². The monoisotopic (exact) mass is 727 g/mol. The predicted octanol–water partition coefficient (Wildman–Crippen LogP) is 10.1. The van der Waals surface area contributed by atoms with Crippen molar-refractivity contribution in [1.82, 2.24) is 5.32 Å². The van der Waals surface area contributed by atoms with Crippen LogP contribution in [-0.2, 0) is 18.4 Å². The van der Waals surface area contributed by atoms with E-state index in [2.05, 4.69) is 43.5 Å². The van der Waals surface area contributed by atoms with E-state index >= 15 is 0 Å². The molecule has 0 aromatic heterocycles. The standard InChI is InChI=1S/C41H79N2O6P/c1-6-8-10-12-14-15-16-17-18-19-20-21-22-23-24-25-26-27-29-30-32-34-40(44)39(38-49-50(46,47)48-37-36-43(3,4)5)42-41(45)35-33-31-28-13-11-9-7-2/h22-23,26-27,32,34,39-40,44H,6-21,24-25,28-31,33,35-38H2,1-5H3,(H-,42,45,46,47)/b23-22+,27-26+,34-32+. The average molecular weight is 727 g/mol. The molecule has 0 spiro atoms. The normalized spacial score (nSPS) is 14.9. The number of amides is 1. The molecule has 0 radical (unpaired) electrons. The van der Waals surface area contributed by atoms with E-state index in [1.807, 2.05) is 27.2 Å². The number of hydrogen-bond donors (Lipinski definition) is 2. The van der Waals surface area contributed by atoms with Gasteiger partial charge in [0.05, 0.1) is 39.9 Å². The number of nitrogens with zero attached hydrogens (tertiary/aromatic N) is 1. The van der Waals surface area contributed by atoms with Crippen molar-refractivity contribution in [3.8, 4) is 0 Å². The average Bonchev–Trinajstić information content (AvgIpc) is 3.06. The molecule has 294 valence electrons. The Morgan fingerprint density at radius 2 is 1.12 bits per heavy atom. The third kappa shape index (κ3) is 35.1. The second-order valence-electron chi connectivity index (χ2n) is 15.0. The van der Waals surface area contributed by atoms with Gasteiger partial charge in [-0.15, -0.1) is 0 Å². The number of phosphoric ester groups is 1. The number of carbonyl (C=O) groups is 1. The van der Waals surface area contributed by atoms with Gasteiger partial charge in [-0.3, -0.25) is 9.36 Å². The molecule has 3 unspecified atom stereocenters. The maximum atomic E-state index is 12.7. The van der Waals surface area contributed by atoms with Gasteiger partial charge in [-0.05, 0) is 44.9 Å². The van der Waals surface area contributed by atoms with Crippen molar-refractivity contribution < 1.29 is 32.9 Å². The molecule has 0 fully saturated rings. The van der Waals surface area contributed by atoms with Crippen LogP contribution in [-0.4, -0.2) is 68.5 Å². The van der Waals surface area contributed by atoms with Gasteiger partial charge in [0.25, 0.3) is 7.82 Å². The summed E-state index contributed by atoms with van der Waals surface area (Å²) in [6, 6.07) is -0.903. The molecule has 0 saturated carbocycles. The Kier molecular flexibility index (Phi) is 32.7. The molecule has 0 aromatic rings. The zero-order valence-electron chi connectivity index (χ0n) is 33.1. The number of rotatable bonds is 36. The molecule has 0 aliphatic heterocycles. The molecule has 0 aliphatic rings. The number of likely N-dealkylation sites (N-methyl/N-ethyl adjacent to an activating group) is 1. The molecule has 0 saturated heterocycles. The minimum absolute atomic E-state index is 0.00867. The second-order valence-corrected chi connectivity index (χ2v) is 16.4. The molecule has 3 atom stereocenters. The fourth-order valence-corrected chi connectivity index (χ4v) is 6.26. The van der Waals surface area contributed by atoms with E-state index in [9.17, 15) is 19.4 Å². The SMILES string of the molecule is CCCCCCCCCCCCC/C=C/CC/C=C/CC/C=C/C(O)C(COP(=O)([O-])OCC[N+](C)(C)C)NC(=O)CCCCCCCCC. The lowest BCUT2D eigenvalue weighted by Gasteiger charge is -2.29. The van der Waals surface area contributed by atoms with Crippen LogP contribution in [0.2, 0.25) is 0 Å². The summed E-state index contributed by atoms with van der Waals surface area (Å²) >= 11 is 0. The van der Waals surface area contributed by atoms with Crippen LogP contribution in [0, 0.1) is 0 Å². The third-order valence-electron chi connectivity index (χ3n) is 8.83. The second kappa shape index (κ2) is 33.5. The molecule has 0 aromatic carbocycles. The molecule has 0 bridgehead atoms. The summed E-state index contributed by atoms with van der Waals surface area (Å²) in [5, 5.41) is 13.6. The quantitative estimate of drug-likeness (QED) is 0.0288. The number of allylic oxidation sites excluding steroid dienone is 5. The Hall–Kier alpha value is -1.28. The highest BCUT2D eigenvalue weighted by molar-refractivity contribution is 7.45. The van der Waals surface area contributed by atoms with Crippen molar-refractivity contribution in [3.63, 3.8) is 0 Å². The molecular formula is C41H79N2O6P. The van der Waals surface area contributed by atoms with Crippen LogP contribution in [0.15, 0.2) is 36.5 Å². The first-order valence-corrected chi connectivity index (χ1v) is 21.8. The summed E-state index contributed by atoms with van der Waals surface area (Å²) in [6.45, 7) is 4.55. The van der Waals surface area contributed by atoms with Gasteiger partial charge in [-0.2, -0.15) is 0 Å². The number of aliphatic hydroxyl groups excluding tert-OH is 1. The van der Waals surface area contributed by atoms with Gasteiger partial charge in [-0.25, -0.2) is 0 Å². The zero-order valence-corrected chi connectivity index (χ0v) is 34.0. The summed E-state index contributed by atoms with van der Waals surface area (Å²) < 4.78 is 23.0. The smallest absolute Gasteiger partial charge is 0.268 e. The van der Waals surface area contributed by atoms with E-state index < -0.39 is 26.6 Å². The van der Waals surface area contributed by atoms with Crippen LogP contribution in [0.1, 0.15) is 168 Å². The van der Waals surface area contributed by atoms with Crippen LogP contribution in [0.4, 0.5) is 0 Å². The highest BCUT2D eigenvalue weighted by atomic mass is 31.2. The number of aliphatic hydroxyl groups is 1. The van der Waals surface area contributed by atoms with E-state index in [0.29, 0.717) is 17.4 Å². The fourth-order valence-electron chi connectivity index (χ4n) is 5.54. The highest BCUT2D eigenvalue weighted by Gasteiger charge is 2.23. The molecule has 0 heterocycles. The largest absolute Gasteiger partial charge is 0.756 e. The van der Waals surface area contributed by atoms with Gasteiger partial charge in [0.15, 0.2) is 0 Å². The molecular weight excluding hydrogens is 647 g/mol. The van der Waals surface area contributed by atoms with Crippen LogP contribution in [0.25, 0.3) is 0 Å². The van der Waals surface area contributed by atoms with Gasteiger partial charge < -0.3 is 28.8 Å². The molecule has 9 heteroatoms. The summed E-state index contributed by atoms with van der Waals surface area (Å²) in [6.07, 6.45) is 39.3. The van der Waals surface area contributed by atoms with Gasteiger partial charge in [0.1, 0.15) is 13.2 Å². The first-order chi connectivity index (χ1) is 24.0. The van der Waals surface area contributed by atoms with Crippen molar-refractivity contribution in [3.05, 3.63) is 36.5 Å². The summed E-state index contributed by atoms with van der Waals surface area (Å²) in [5.74, 6) is -0.220. The third-order valence-corrected chi connectivity index (χ3v) is 9.79. The molecule has 1 amide bonds. The van der Waals surface area contributed by atoms with Crippen LogP contribution < -0.4 is 10.2 Å². The topological polar surface area (TPSA) is 108 Å². The number of unbranched alkanes of at least 4 members (excludes halogenated alkanes) is 19. The highest BCUT2D eigenvalue weighted by Crippen LogP contribution is 2.38. The maximum absolute atomic E-state index is 12.7. The Morgan fingerprint density at radius 1 is 0.680 bits per heavy atom. The van der Waals surface area contributed by atoms with Crippen LogP contribution >= 0.6 is 7.82 Å². The van der Waals surface area contributed by atoms with E-state index in [1.54, 1.807) is 6.08 Å². The predicted molar refractivity (Wildman–Crippen MR) is 210 cm³/mol. The van der Waals surface area contributed by atoms with Crippen LogP contribution in [0.5, 0.6) is 0 Å². The molecule has 8 nitrogen and oxygen atoms in total. The lowest BCUT2D eigenvalue weighted by atomic mass is 10.1. The minimum atomic E-state index is -4.58. The first-order valence-electron chi connectivity index (χ1n) is 20.4. The van der Waals surface area contributed by atoms with E-state index in [-0.39, 0.29) is 12.5 Å². The van der Waals surface area contributed by atoms with Crippen molar-refractivity contribution >= 4 is 13.7 Å². The van der Waals surface area contributed by atoms with E-state index in [0.717, 1.165) is 44.9 Å². The Balaban J connectivity index is 4.42. The summed E-state index contributed by atoms with van der Waals surface area (Å²) in [5.41, 5.74) is 0. The fraction of sp³-hybridized carbons (Fsp3) is 0.829. The molecule has 0 rings (SSSR count). The number of quaternary nitrogens is 1. The number of hydrogen-bond acceptors (Lipinski definition) is 6.